The average Bonchev–Trinajstić information content (AvgIpc) is 2.15. The van der Waals surface area contributed by atoms with E-state index in [0.717, 1.165) is 22.0 Å². The standard InChI is InChI=1S/C14H15BrO/c1-14(2)8-11(7-13(16)9-14)10-3-5-12(15)6-4-10/h3-7H,8-9H2,1-2H3. The largest absolute Gasteiger partial charge is 0.295 e. The predicted molar refractivity (Wildman–Crippen MR) is 70.1 cm³/mol. The Morgan fingerprint density at radius 1 is 1.12 bits per heavy atom. The first-order chi connectivity index (χ1) is 7.46. The van der Waals surface area contributed by atoms with E-state index in [0.29, 0.717) is 6.42 Å². The van der Waals surface area contributed by atoms with Crippen molar-refractivity contribution in [2.24, 2.45) is 5.41 Å². The van der Waals surface area contributed by atoms with Gasteiger partial charge in [-0.3, -0.25) is 4.79 Å². The van der Waals surface area contributed by atoms with Crippen LogP contribution in [0.4, 0.5) is 0 Å². The zero-order valence-corrected chi connectivity index (χ0v) is 11.2. The lowest BCUT2D eigenvalue weighted by molar-refractivity contribution is -0.116. The highest BCUT2D eigenvalue weighted by atomic mass is 79.9. The molecule has 1 aliphatic rings. The average molecular weight is 279 g/mol. The molecule has 0 amide bonds. The predicted octanol–water partition coefficient (Wildman–Crippen LogP) is 4.22. The van der Waals surface area contributed by atoms with Crippen LogP contribution >= 0.6 is 15.9 Å². The SMILES string of the molecule is CC1(C)CC(=O)C=C(c2ccc(Br)cc2)C1. The van der Waals surface area contributed by atoms with Crippen molar-refractivity contribution in [3.63, 3.8) is 0 Å². The molecule has 1 aliphatic carbocycles. The van der Waals surface area contributed by atoms with Crippen LogP contribution < -0.4 is 0 Å². The maximum Gasteiger partial charge on any atom is 0.156 e. The normalized spacial score (nSPS) is 19.4. The zero-order valence-electron chi connectivity index (χ0n) is 9.59. The lowest BCUT2D eigenvalue weighted by atomic mass is 9.75. The van der Waals surface area contributed by atoms with Gasteiger partial charge in [0, 0.05) is 10.9 Å². The van der Waals surface area contributed by atoms with E-state index in [4.69, 9.17) is 0 Å². The van der Waals surface area contributed by atoms with Crippen molar-refractivity contribution in [1.29, 1.82) is 0 Å². The van der Waals surface area contributed by atoms with E-state index in [-0.39, 0.29) is 11.2 Å². The highest BCUT2D eigenvalue weighted by molar-refractivity contribution is 9.10. The molecule has 16 heavy (non-hydrogen) atoms. The Hall–Kier alpha value is -0.890. The molecule has 0 unspecified atom stereocenters. The maximum atomic E-state index is 11.6. The van der Waals surface area contributed by atoms with E-state index in [9.17, 15) is 4.79 Å². The molecule has 0 saturated heterocycles. The minimum Gasteiger partial charge on any atom is -0.295 e. The fraction of sp³-hybridized carbons (Fsp3) is 0.357. The van der Waals surface area contributed by atoms with Crippen LogP contribution in [0.1, 0.15) is 32.3 Å². The van der Waals surface area contributed by atoms with Crippen molar-refractivity contribution in [3.8, 4) is 0 Å². The molecule has 0 bridgehead atoms. The summed E-state index contributed by atoms with van der Waals surface area (Å²) < 4.78 is 1.07. The van der Waals surface area contributed by atoms with Gasteiger partial charge in [0.15, 0.2) is 5.78 Å². The summed E-state index contributed by atoms with van der Waals surface area (Å²) in [4.78, 5) is 11.6. The third-order valence-corrected chi connectivity index (χ3v) is 3.40. The molecule has 0 N–H and O–H groups in total. The molecule has 0 radical (unpaired) electrons. The van der Waals surface area contributed by atoms with Gasteiger partial charge in [-0.25, -0.2) is 0 Å². The fourth-order valence-corrected chi connectivity index (χ4v) is 2.46. The van der Waals surface area contributed by atoms with Crippen molar-refractivity contribution in [1.82, 2.24) is 0 Å². The van der Waals surface area contributed by atoms with Crippen LogP contribution in [0.3, 0.4) is 0 Å². The molecular formula is C14H15BrO. The second-order valence-corrected chi connectivity index (χ2v) is 6.08. The molecule has 1 nitrogen and oxygen atoms in total. The first kappa shape index (κ1) is 11.6. The number of carbonyl (C=O) groups excluding carboxylic acids is 1. The van der Waals surface area contributed by atoms with Gasteiger partial charge in [0.1, 0.15) is 0 Å². The molecule has 2 heteroatoms. The summed E-state index contributed by atoms with van der Waals surface area (Å²) in [6.45, 7) is 4.30. The van der Waals surface area contributed by atoms with E-state index in [2.05, 4.69) is 41.9 Å². The molecule has 2 rings (SSSR count). The number of hydrogen-bond donors (Lipinski definition) is 0. The van der Waals surface area contributed by atoms with E-state index in [1.807, 2.05) is 12.1 Å². The van der Waals surface area contributed by atoms with Crippen molar-refractivity contribution in [2.45, 2.75) is 26.7 Å². The second-order valence-electron chi connectivity index (χ2n) is 5.16. The Kier molecular flexibility index (Phi) is 3.02. The van der Waals surface area contributed by atoms with E-state index in [1.165, 1.54) is 0 Å². The molecule has 0 fully saturated rings. The van der Waals surface area contributed by atoms with Gasteiger partial charge in [0.25, 0.3) is 0 Å². The molecule has 0 atom stereocenters. The third-order valence-electron chi connectivity index (χ3n) is 2.87. The van der Waals surface area contributed by atoms with Gasteiger partial charge in [0.05, 0.1) is 0 Å². The van der Waals surface area contributed by atoms with Gasteiger partial charge in [-0.2, -0.15) is 0 Å². The summed E-state index contributed by atoms with van der Waals surface area (Å²) >= 11 is 3.42. The summed E-state index contributed by atoms with van der Waals surface area (Å²) in [6, 6.07) is 8.15. The van der Waals surface area contributed by atoms with Gasteiger partial charge < -0.3 is 0 Å². The number of allylic oxidation sites excluding steroid dienone is 2. The van der Waals surface area contributed by atoms with Gasteiger partial charge in [-0.05, 0) is 41.2 Å². The first-order valence-electron chi connectivity index (χ1n) is 5.46. The smallest absolute Gasteiger partial charge is 0.156 e. The summed E-state index contributed by atoms with van der Waals surface area (Å²) in [5, 5.41) is 0. The van der Waals surface area contributed by atoms with Crippen LogP contribution in [-0.4, -0.2) is 5.78 Å². The number of benzene rings is 1. The Morgan fingerprint density at radius 2 is 1.75 bits per heavy atom. The number of carbonyl (C=O) groups is 1. The maximum absolute atomic E-state index is 11.6. The number of halogens is 1. The summed E-state index contributed by atoms with van der Waals surface area (Å²) in [5.74, 6) is 0.245. The summed E-state index contributed by atoms with van der Waals surface area (Å²) in [6.07, 6.45) is 3.43. The van der Waals surface area contributed by atoms with Crippen LogP contribution in [0.5, 0.6) is 0 Å². The molecule has 0 saturated carbocycles. The highest BCUT2D eigenvalue weighted by Gasteiger charge is 2.27. The van der Waals surface area contributed by atoms with Crippen molar-refractivity contribution in [2.75, 3.05) is 0 Å². The monoisotopic (exact) mass is 278 g/mol. The molecule has 84 valence electrons. The van der Waals surface area contributed by atoms with Crippen LogP contribution in [0.15, 0.2) is 34.8 Å². The number of rotatable bonds is 1. The molecule has 1 aromatic rings. The Labute approximate surface area is 105 Å². The Bertz CT molecular complexity index is 440. The molecule has 1 aromatic carbocycles. The molecule has 0 heterocycles. The van der Waals surface area contributed by atoms with Crippen LogP contribution in [0.2, 0.25) is 0 Å². The lowest BCUT2D eigenvalue weighted by Crippen LogP contribution is -2.21. The van der Waals surface area contributed by atoms with Crippen LogP contribution in [0, 0.1) is 5.41 Å². The van der Waals surface area contributed by atoms with Crippen LogP contribution in [0.25, 0.3) is 5.57 Å². The number of ketones is 1. The highest BCUT2D eigenvalue weighted by Crippen LogP contribution is 2.38. The Balaban J connectivity index is 2.34. The minimum atomic E-state index is 0.0915. The molecule has 0 spiro atoms. The molecule has 0 aromatic heterocycles. The minimum absolute atomic E-state index is 0.0915. The van der Waals surface area contributed by atoms with Crippen molar-refractivity contribution < 1.29 is 4.79 Å². The van der Waals surface area contributed by atoms with Crippen molar-refractivity contribution in [3.05, 3.63) is 40.4 Å². The molecular weight excluding hydrogens is 264 g/mol. The topological polar surface area (TPSA) is 17.1 Å². The van der Waals surface area contributed by atoms with E-state index < -0.39 is 0 Å². The number of hydrogen-bond acceptors (Lipinski definition) is 1. The van der Waals surface area contributed by atoms with E-state index in [1.54, 1.807) is 6.08 Å². The van der Waals surface area contributed by atoms with Gasteiger partial charge in [-0.15, -0.1) is 0 Å². The quantitative estimate of drug-likeness (QED) is 0.752. The first-order valence-corrected chi connectivity index (χ1v) is 6.25. The van der Waals surface area contributed by atoms with Gasteiger partial charge in [-0.1, -0.05) is 41.9 Å². The zero-order chi connectivity index (χ0) is 11.8. The van der Waals surface area contributed by atoms with Gasteiger partial charge >= 0.3 is 0 Å². The van der Waals surface area contributed by atoms with Gasteiger partial charge in [0.2, 0.25) is 0 Å². The Morgan fingerprint density at radius 3 is 2.31 bits per heavy atom. The fourth-order valence-electron chi connectivity index (χ4n) is 2.20. The summed E-state index contributed by atoms with van der Waals surface area (Å²) in [5.41, 5.74) is 2.41. The second kappa shape index (κ2) is 4.17. The molecule has 0 aliphatic heterocycles. The van der Waals surface area contributed by atoms with Crippen LogP contribution in [-0.2, 0) is 4.79 Å². The third kappa shape index (κ3) is 2.62. The van der Waals surface area contributed by atoms with E-state index >= 15 is 0 Å². The van der Waals surface area contributed by atoms with Crippen molar-refractivity contribution >= 4 is 27.3 Å². The summed E-state index contributed by atoms with van der Waals surface area (Å²) in [7, 11) is 0. The lowest BCUT2D eigenvalue weighted by Gasteiger charge is -2.28.